The Hall–Kier alpha value is -1.65. The first-order chi connectivity index (χ1) is 12.4. The molecule has 0 saturated carbocycles. The van der Waals surface area contributed by atoms with Crippen LogP contribution >= 0.6 is 0 Å². The molecule has 0 aromatic rings. The molecule has 1 heterocycles. The van der Waals surface area contributed by atoms with Crippen LogP contribution in [0.1, 0.15) is 90.4 Å². The number of carboxylic acids is 1. The summed E-state index contributed by atoms with van der Waals surface area (Å²) in [7, 11) is 0. The van der Waals surface area contributed by atoms with Crippen molar-refractivity contribution in [1.82, 2.24) is 0 Å². The molecule has 5 nitrogen and oxygen atoms in total. The standard InChI is InChI=1S/C21H34O5/c1-16(22)14-12-10-8-6-4-3-5-7-9-11-13-15-18-19(20(23)24)17(2)21(25)26-18/h18-19H,2-15H2,1H3,(H,23,24)/t18-,19-/m1/s1. The van der Waals surface area contributed by atoms with E-state index in [1.54, 1.807) is 6.92 Å². The molecule has 0 spiro atoms. The van der Waals surface area contributed by atoms with Crippen LogP contribution in [0.4, 0.5) is 0 Å². The van der Waals surface area contributed by atoms with E-state index < -0.39 is 24.0 Å². The van der Waals surface area contributed by atoms with Crippen molar-refractivity contribution in [2.24, 2.45) is 5.92 Å². The minimum Gasteiger partial charge on any atom is -0.481 e. The van der Waals surface area contributed by atoms with Crippen molar-refractivity contribution >= 4 is 17.7 Å². The van der Waals surface area contributed by atoms with Gasteiger partial charge in [-0.05, 0) is 26.2 Å². The average molecular weight is 366 g/mol. The number of aliphatic carboxylic acids is 1. The van der Waals surface area contributed by atoms with Crippen molar-refractivity contribution in [2.45, 2.75) is 96.5 Å². The van der Waals surface area contributed by atoms with Gasteiger partial charge in [0.05, 0.1) is 0 Å². The second-order valence-electron chi connectivity index (χ2n) is 7.41. The van der Waals surface area contributed by atoms with Crippen LogP contribution in [0.3, 0.4) is 0 Å². The molecule has 0 unspecified atom stereocenters. The van der Waals surface area contributed by atoms with E-state index in [1.165, 1.54) is 38.5 Å². The molecule has 5 heteroatoms. The Morgan fingerprint density at radius 3 is 1.85 bits per heavy atom. The first kappa shape index (κ1) is 22.4. The van der Waals surface area contributed by atoms with E-state index >= 15 is 0 Å². The Morgan fingerprint density at radius 2 is 1.38 bits per heavy atom. The Kier molecular flexibility index (Phi) is 10.9. The minimum absolute atomic E-state index is 0.0730. The Morgan fingerprint density at radius 1 is 0.923 bits per heavy atom. The number of hydrogen-bond donors (Lipinski definition) is 1. The number of ketones is 1. The highest BCUT2D eigenvalue weighted by Gasteiger charge is 2.42. The van der Waals surface area contributed by atoms with Gasteiger partial charge in [-0.25, -0.2) is 4.79 Å². The molecule has 1 rings (SSSR count). The molecule has 2 atom stereocenters. The van der Waals surface area contributed by atoms with E-state index in [0.29, 0.717) is 12.2 Å². The number of rotatable bonds is 15. The Labute approximate surface area is 157 Å². The molecule has 1 aliphatic heterocycles. The van der Waals surface area contributed by atoms with Crippen molar-refractivity contribution < 1.29 is 24.2 Å². The van der Waals surface area contributed by atoms with Crippen LogP contribution in [0.25, 0.3) is 0 Å². The largest absolute Gasteiger partial charge is 0.481 e. The molecule has 26 heavy (non-hydrogen) atoms. The molecule has 0 bridgehead atoms. The predicted octanol–water partition coefficient (Wildman–Crippen LogP) is 4.83. The van der Waals surface area contributed by atoms with Crippen LogP contribution in [0.5, 0.6) is 0 Å². The first-order valence-electron chi connectivity index (χ1n) is 10.1. The number of carbonyl (C=O) groups excluding carboxylic acids is 2. The van der Waals surface area contributed by atoms with Gasteiger partial charge < -0.3 is 14.6 Å². The van der Waals surface area contributed by atoms with Gasteiger partial charge in [-0.2, -0.15) is 0 Å². The lowest BCUT2D eigenvalue weighted by Gasteiger charge is -2.13. The lowest BCUT2D eigenvalue weighted by Crippen LogP contribution is -2.24. The molecule has 1 aliphatic rings. The van der Waals surface area contributed by atoms with Crippen LogP contribution in [-0.2, 0) is 19.1 Å². The third-order valence-corrected chi connectivity index (χ3v) is 5.05. The number of hydrogen-bond acceptors (Lipinski definition) is 4. The van der Waals surface area contributed by atoms with Crippen molar-refractivity contribution in [1.29, 1.82) is 0 Å². The van der Waals surface area contributed by atoms with Gasteiger partial charge in [0.1, 0.15) is 17.8 Å². The smallest absolute Gasteiger partial charge is 0.334 e. The summed E-state index contributed by atoms with van der Waals surface area (Å²) in [6.07, 6.45) is 13.5. The number of carbonyl (C=O) groups is 3. The Bertz CT molecular complexity index is 483. The highest BCUT2D eigenvalue weighted by molar-refractivity contribution is 5.97. The Balaban J connectivity index is 1.93. The summed E-state index contributed by atoms with van der Waals surface area (Å²) in [6.45, 7) is 5.19. The zero-order valence-corrected chi connectivity index (χ0v) is 16.1. The molecule has 0 amide bonds. The van der Waals surface area contributed by atoms with Crippen LogP contribution < -0.4 is 0 Å². The van der Waals surface area contributed by atoms with Crippen LogP contribution in [0, 0.1) is 5.92 Å². The van der Waals surface area contributed by atoms with Gasteiger partial charge in [-0.1, -0.05) is 64.4 Å². The minimum atomic E-state index is -1.02. The first-order valence-corrected chi connectivity index (χ1v) is 10.1. The van der Waals surface area contributed by atoms with Gasteiger partial charge in [0.2, 0.25) is 0 Å². The SMILES string of the molecule is C=C1C(=O)O[C@H](CCCCCCCCCCCCCC(C)=O)[C@@H]1C(=O)O. The fourth-order valence-electron chi connectivity index (χ4n) is 3.48. The quantitative estimate of drug-likeness (QED) is 0.255. The zero-order valence-electron chi connectivity index (χ0n) is 16.1. The maximum absolute atomic E-state index is 11.4. The summed E-state index contributed by atoms with van der Waals surface area (Å²) in [5.41, 5.74) is 0.0730. The normalized spacial score (nSPS) is 19.6. The third-order valence-electron chi connectivity index (χ3n) is 5.05. The maximum atomic E-state index is 11.4. The number of unbranched alkanes of at least 4 members (excludes halogenated alkanes) is 10. The van der Waals surface area contributed by atoms with Crippen LogP contribution in [-0.4, -0.2) is 28.9 Å². The summed E-state index contributed by atoms with van der Waals surface area (Å²) in [5.74, 6) is -2.17. The van der Waals surface area contributed by atoms with Gasteiger partial charge in [0.15, 0.2) is 0 Å². The topological polar surface area (TPSA) is 80.7 Å². The van der Waals surface area contributed by atoms with Gasteiger partial charge in [-0.15, -0.1) is 0 Å². The molecular formula is C21H34O5. The van der Waals surface area contributed by atoms with Crippen LogP contribution in [0.15, 0.2) is 12.2 Å². The highest BCUT2D eigenvalue weighted by atomic mass is 16.6. The summed E-state index contributed by atoms with van der Waals surface area (Å²) >= 11 is 0. The maximum Gasteiger partial charge on any atom is 0.334 e. The van der Waals surface area contributed by atoms with Crippen molar-refractivity contribution in [3.63, 3.8) is 0 Å². The summed E-state index contributed by atoms with van der Waals surface area (Å²) in [6, 6.07) is 0. The molecule has 1 N–H and O–H groups in total. The molecule has 148 valence electrons. The molecule has 1 fully saturated rings. The van der Waals surface area contributed by atoms with E-state index in [4.69, 9.17) is 4.74 Å². The highest BCUT2D eigenvalue weighted by Crippen LogP contribution is 2.30. The van der Waals surface area contributed by atoms with E-state index in [1.807, 2.05) is 0 Å². The van der Waals surface area contributed by atoms with Gasteiger partial charge in [0.25, 0.3) is 0 Å². The predicted molar refractivity (Wildman–Crippen MR) is 101 cm³/mol. The van der Waals surface area contributed by atoms with Crippen molar-refractivity contribution in [2.75, 3.05) is 0 Å². The molecule has 0 radical (unpaired) electrons. The van der Waals surface area contributed by atoms with Gasteiger partial charge in [0, 0.05) is 12.0 Å². The lowest BCUT2D eigenvalue weighted by atomic mass is 9.93. The van der Waals surface area contributed by atoms with Crippen molar-refractivity contribution in [3.8, 4) is 0 Å². The van der Waals surface area contributed by atoms with E-state index in [-0.39, 0.29) is 5.57 Å². The number of ether oxygens (including phenoxy) is 1. The molecule has 1 saturated heterocycles. The monoisotopic (exact) mass is 366 g/mol. The molecule has 0 aliphatic carbocycles. The molecule has 0 aromatic carbocycles. The van der Waals surface area contributed by atoms with E-state index in [0.717, 1.165) is 38.5 Å². The fraction of sp³-hybridized carbons (Fsp3) is 0.762. The van der Waals surface area contributed by atoms with E-state index in [2.05, 4.69) is 6.58 Å². The molecule has 0 aromatic heterocycles. The van der Waals surface area contributed by atoms with Gasteiger partial charge >= 0.3 is 11.9 Å². The van der Waals surface area contributed by atoms with Gasteiger partial charge in [-0.3, -0.25) is 4.79 Å². The number of carboxylic acid groups (broad SMARTS) is 1. The summed E-state index contributed by atoms with van der Waals surface area (Å²) < 4.78 is 5.12. The van der Waals surface area contributed by atoms with E-state index in [9.17, 15) is 19.5 Å². The number of esters is 1. The third kappa shape index (κ3) is 8.63. The fourth-order valence-corrected chi connectivity index (χ4v) is 3.48. The average Bonchev–Trinajstić information content (AvgIpc) is 2.86. The number of Topliss-reactive ketones (excluding diaryl/α,β-unsaturated/α-hetero) is 1. The summed E-state index contributed by atoms with van der Waals surface area (Å²) in [5, 5.41) is 9.18. The lowest BCUT2D eigenvalue weighted by molar-refractivity contribution is -0.144. The molecular weight excluding hydrogens is 332 g/mol. The summed E-state index contributed by atoms with van der Waals surface area (Å²) in [4.78, 5) is 33.5. The second-order valence-corrected chi connectivity index (χ2v) is 7.41. The van der Waals surface area contributed by atoms with Crippen LogP contribution in [0.2, 0.25) is 0 Å². The number of cyclic esters (lactones) is 1. The van der Waals surface area contributed by atoms with Crippen molar-refractivity contribution in [3.05, 3.63) is 12.2 Å². The zero-order chi connectivity index (χ0) is 19.4. The second kappa shape index (κ2) is 12.7.